The first-order chi connectivity index (χ1) is 18.8. The van der Waals surface area contributed by atoms with E-state index < -0.39 is 0 Å². The van der Waals surface area contributed by atoms with Gasteiger partial charge in [-0.15, -0.1) is 6.04 Å². The minimum atomic E-state index is -0.308. The number of carbonyl (C=O) groups excluding carboxylic acids is 1. The molecule has 0 aliphatic carbocycles. The van der Waals surface area contributed by atoms with Crippen LogP contribution in [0.2, 0.25) is 0 Å². The molecule has 7 nitrogen and oxygen atoms in total. The Morgan fingerprint density at radius 3 is 1.33 bits per heavy atom. The number of carbonyl (C=O) groups is 1. The van der Waals surface area contributed by atoms with Gasteiger partial charge in [0, 0.05) is 76.8 Å². The predicted octanol–water partition coefficient (Wildman–Crippen LogP) is 5.00. The van der Waals surface area contributed by atoms with Crippen LogP contribution in [0.15, 0.2) is 48.5 Å². The summed E-state index contributed by atoms with van der Waals surface area (Å²) in [7, 11) is -0.608. The fourth-order valence-corrected chi connectivity index (χ4v) is 3.66. The van der Waals surface area contributed by atoms with E-state index in [1.165, 1.54) is 0 Å². The topological polar surface area (TPSA) is 92.0 Å². The Hall–Kier alpha value is -0.242. The molecule has 0 saturated carbocycles. The molecule has 0 aromatic heterocycles. The number of hydrogen-bond donors (Lipinski definition) is 2. The minimum absolute atomic E-state index is 0. The second-order valence-electron chi connectivity index (χ2n) is 12.4. The molecule has 232 valence electrons. The summed E-state index contributed by atoms with van der Waals surface area (Å²) >= 11 is 0. The SMILES string of the molecule is CC1(C)OB(c2ccc(N)cc2)OC1(C)C.[CH2-]CC([CH2-])=O.[CH2-]CC([CH2-])Nc1ccc(B2OC(C)(C)C(C)(C)O2)cc1.[Y].[Y]. The van der Waals surface area contributed by atoms with Crippen molar-refractivity contribution < 1.29 is 88.8 Å². The summed E-state index contributed by atoms with van der Waals surface area (Å²) in [5.74, 6) is -0.106. The number of hydrogen-bond acceptors (Lipinski definition) is 7. The normalized spacial score (nSPS) is 19.3. The molecule has 2 aromatic rings. The largest absolute Gasteiger partial charge is 0.494 e. The third-order valence-corrected chi connectivity index (χ3v) is 7.90. The van der Waals surface area contributed by atoms with Crippen LogP contribution in [0, 0.1) is 27.7 Å². The summed E-state index contributed by atoms with van der Waals surface area (Å²) in [6, 6.07) is 15.8. The van der Waals surface area contributed by atoms with Gasteiger partial charge in [0.15, 0.2) is 0 Å². The van der Waals surface area contributed by atoms with Crippen molar-refractivity contribution in [3.05, 3.63) is 76.2 Å². The van der Waals surface area contributed by atoms with E-state index in [2.05, 4.69) is 60.7 Å². The molecule has 0 spiro atoms. The van der Waals surface area contributed by atoms with Gasteiger partial charge in [0.2, 0.25) is 0 Å². The molecule has 2 fully saturated rings. The molecule has 1 atom stereocenters. The Balaban J connectivity index is 0.000000692. The molecule has 11 heteroatoms. The molecule has 2 aromatic carbocycles. The molecular weight excluding hydrogens is 692 g/mol. The fraction of sp³-hybridized carbons (Fsp3) is 0.469. The van der Waals surface area contributed by atoms with Gasteiger partial charge in [-0.1, -0.05) is 24.3 Å². The maximum atomic E-state index is 9.64. The van der Waals surface area contributed by atoms with Crippen molar-refractivity contribution in [2.45, 2.75) is 96.7 Å². The number of nitrogens with two attached hydrogens (primary N) is 1. The van der Waals surface area contributed by atoms with Gasteiger partial charge in [-0.3, -0.25) is 0 Å². The zero-order chi connectivity index (χ0) is 31.2. The first-order valence-electron chi connectivity index (χ1n) is 14.0. The van der Waals surface area contributed by atoms with Crippen LogP contribution in [-0.4, -0.2) is 48.5 Å². The second kappa shape index (κ2) is 17.6. The van der Waals surface area contributed by atoms with Crippen LogP contribution in [0.1, 0.15) is 68.2 Å². The van der Waals surface area contributed by atoms with Crippen LogP contribution in [0.25, 0.3) is 0 Å². The van der Waals surface area contributed by atoms with Crippen molar-refractivity contribution >= 4 is 42.3 Å². The maximum Gasteiger partial charge on any atom is 0.494 e. The standard InChI is InChI=1S/C16H24BNO2.C12H18BNO2.C4H6O.2Y/c1-7-12(2)18-14-10-8-13(9-11-14)17-19-15(3,4)16(5,6)20-17;1-11(2)12(3,4)16-13(15-11)9-5-7-10(14)8-6-9;1-3-4(2)5;;/h8-12,18H,1-2,7H2,3-6H3;5-8H,14H2,1-4H3;1-3H2;;/q-2;;-2;;. The van der Waals surface area contributed by atoms with Gasteiger partial charge >= 0.3 is 14.2 Å². The van der Waals surface area contributed by atoms with Gasteiger partial charge in [0.25, 0.3) is 0 Å². The van der Waals surface area contributed by atoms with Crippen molar-refractivity contribution in [2.24, 2.45) is 0 Å². The summed E-state index contributed by atoms with van der Waals surface area (Å²) in [6.45, 7) is 30.5. The molecular formula is C32H48B2N2O5Y2-4. The van der Waals surface area contributed by atoms with E-state index >= 15 is 0 Å². The molecule has 4 rings (SSSR count). The fourth-order valence-electron chi connectivity index (χ4n) is 3.66. The summed E-state index contributed by atoms with van der Waals surface area (Å²) < 4.78 is 23.9. The van der Waals surface area contributed by atoms with E-state index in [0.717, 1.165) is 28.7 Å². The van der Waals surface area contributed by atoms with E-state index in [1.807, 2.05) is 76.2 Å². The van der Waals surface area contributed by atoms with Gasteiger partial charge in [-0.2, -0.15) is 12.8 Å². The molecule has 2 saturated heterocycles. The van der Waals surface area contributed by atoms with Crippen molar-refractivity contribution in [1.82, 2.24) is 0 Å². The number of benzene rings is 2. The maximum absolute atomic E-state index is 9.64. The van der Waals surface area contributed by atoms with Crippen LogP contribution in [0.5, 0.6) is 0 Å². The summed E-state index contributed by atoms with van der Waals surface area (Å²) in [5.41, 5.74) is 8.28. The van der Waals surface area contributed by atoms with Crippen LogP contribution >= 0.6 is 0 Å². The molecule has 2 aliphatic rings. The number of rotatable bonds is 6. The van der Waals surface area contributed by atoms with Gasteiger partial charge in [0.1, 0.15) is 0 Å². The molecule has 0 bridgehead atoms. The molecule has 2 radical (unpaired) electrons. The molecule has 1 unspecified atom stereocenters. The zero-order valence-corrected chi connectivity index (χ0v) is 33.0. The molecule has 2 heterocycles. The average molecular weight is 740 g/mol. The van der Waals surface area contributed by atoms with Crippen LogP contribution in [-0.2, 0) is 88.8 Å². The second-order valence-corrected chi connectivity index (χ2v) is 12.4. The van der Waals surface area contributed by atoms with E-state index in [1.54, 1.807) is 0 Å². The van der Waals surface area contributed by atoms with E-state index in [4.69, 9.17) is 24.4 Å². The Morgan fingerprint density at radius 1 is 0.744 bits per heavy atom. The Bertz CT molecular complexity index is 1100. The predicted molar refractivity (Wildman–Crippen MR) is 172 cm³/mol. The number of nitrogens with one attached hydrogen (secondary N) is 1. The summed E-state index contributed by atoms with van der Waals surface area (Å²) in [5, 5.41) is 3.29. The van der Waals surface area contributed by atoms with Gasteiger partial charge in [-0.05, 0) is 96.4 Å². The van der Waals surface area contributed by atoms with E-state index in [9.17, 15) is 4.79 Å². The molecule has 2 aliphatic heterocycles. The number of anilines is 2. The van der Waals surface area contributed by atoms with E-state index in [0.29, 0.717) is 6.42 Å². The first kappa shape index (κ1) is 42.8. The Labute approximate surface area is 312 Å². The van der Waals surface area contributed by atoms with Crippen molar-refractivity contribution in [2.75, 3.05) is 11.1 Å². The van der Waals surface area contributed by atoms with Crippen molar-refractivity contribution in [1.29, 1.82) is 0 Å². The number of nitrogen functional groups attached to an aromatic ring is 1. The molecule has 3 N–H and O–H groups in total. The summed E-state index contributed by atoms with van der Waals surface area (Å²) in [6.07, 6.45) is 1.05. The quantitative estimate of drug-likeness (QED) is 0.245. The first-order valence-corrected chi connectivity index (χ1v) is 14.0. The van der Waals surface area contributed by atoms with Crippen LogP contribution < -0.4 is 22.0 Å². The zero-order valence-electron chi connectivity index (χ0n) is 27.4. The van der Waals surface area contributed by atoms with E-state index in [-0.39, 0.29) is 114 Å². The van der Waals surface area contributed by atoms with Gasteiger partial charge in [-0.25, -0.2) is 0 Å². The number of ketones is 1. The third kappa shape index (κ3) is 12.1. The smallest absolute Gasteiger partial charge is 0.415 e. The van der Waals surface area contributed by atoms with Gasteiger partial charge in [0.05, 0.1) is 22.4 Å². The van der Waals surface area contributed by atoms with Crippen LogP contribution in [0.4, 0.5) is 11.4 Å². The van der Waals surface area contributed by atoms with Crippen LogP contribution in [0.3, 0.4) is 0 Å². The Morgan fingerprint density at radius 2 is 1.05 bits per heavy atom. The average Bonchev–Trinajstić information content (AvgIpc) is 3.24. The molecule has 0 amide bonds. The minimum Gasteiger partial charge on any atom is -0.415 e. The summed E-state index contributed by atoms with van der Waals surface area (Å²) in [4.78, 5) is 9.64. The molecule has 43 heavy (non-hydrogen) atoms. The van der Waals surface area contributed by atoms with Gasteiger partial charge < -0.3 is 62.2 Å². The Kier molecular flexibility index (Phi) is 17.5. The monoisotopic (exact) mass is 740 g/mol. The van der Waals surface area contributed by atoms with Crippen molar-refractivity contribution in [3.8, 4) is 0 Å². The third-order valence-electron chi connectivity index (χ3n) is 7.90. The number of Topliss-reactive ketones (excluding diaryl/α,β-unsaturated/α-hetero) is 1. The van der Waals surface area contributed by atoms with Crippen molar-refractivity contribution in [3.63, 3.8) is 0 Å².